The summed E-state index contributed by atoms with van der Waals surface area (Å²) < 4.78 is 17.1. The summed E-state index contributed by atoms with van der Waals surface area (Å²) in [6, 6.07) is 13.0. The highest BCUT2D eigenvalue weighted by Crippen LogP contribution is 2.29. The molecule has 0 saturated heterocycles. The molecule has 3 aromatic rings. The first-order valence-electron chi connectivity index (χ1n) is 9.71. The Balaban J connectivity index is 1.64. The van der Waals surface area contributed by atoms with E-state index in [1.807, 2.05) is 38.1 Å². The van der Waals surface area contributed by atoms with Crippen molar-refractivity contribution in [1.29, 1.82) is 5.26 Å². The number of carbonyl (C=O) groups excluding carboxylic acids is 1. The van der Waals surface area contributed by atoms with Gasteiger partial charge in [-0.25, -0.2) is 0 Å². The van der Waals surface area contributed by atoms with Crippen molar-refractivity contribution in [3.05, 3.63) is 64.2 Å². The van der Waals surface area contributed by atoms with Crippen molar-refractivity contribution in [2.24, 2.45) is 0 Å². The first-order valence-corrected chi connectivity index (χ1v) is 10.6. The highest BCUT2D eigenvalue weighted by atomic mass is 32.1. The zero-order chi connectivity index (χ0) is 22.9. The van der Waals surface area contributed by atoms with Crippen LogP contribution in [0.15, 0.2) is 47.5 Å². The number of nitrogens with zero attached hydrogens (tertiary/aromatic N) is 3. The van der Waals surface area contributed by atoms with Gasteiger partial charge in [-0.3, -0.25) is 10.1 Å². The number of para-hydroxylation sites is 1. The van der Waals surface area contributed by atoms with Crippen LogP contribution < -0.4 is 19.5 Å². The van der Waals surface area contributed by atoms with Crippen LogP contribution in [0.5, 0.6) is 17.2 Å². The van der Waals surface area contributed by atoms with Crippen molar-refractivity contribution in [3.8, 4) is 23.3 Å². The summed E-state index contributed by atoms with van der Waals surface area (Å²) >= 11 is 1.17. The Morgan fingerprint density at radius 2 is 1.91 bits per heavy atom. The maximum atomic E-state index is 12.3. The van der Waals surface area contributed by atoms with Crippen LogP contribution in [0.25, 0.3) is 6.08 Å². The predicted molar refractivity (Wildman–Crippen MR) is 122 cm³/mol. The normalized spacial score (nSPS) is 10.9. The van der Waals surface area contributed by atoms with Crippen LogP contribution >= 0.6 is 11.3 Å². The van der Waals surface area contributed by atoms with Crippen molar-refractivity contribution in [2.75, 3.05) is 25.6 Å². The third-order valence-electron chi connectivity index (χ3n) is 4.44. The van der Waals surface area contributed by atoms with Crippen LogP contribution in [-0.2, 0) is 4.79 Å². The summed E-state index contributed by atoms with van der Waals surface area (Å²) in [6.07, 6.45) is 1.47. The maximum absolute atomic E-state index is 12.3. The van der Waals surface area contributed by atoms with Crippen molar-refractivity contribution >= 4 is 28.5 Å². The minimum absolute atomic E-state index is 0.0714. The lowest BCUT2D eigenvalue weighted by molar-refractivity contribution is -0.112. The molecule has 0 unspecified atom stereocenters. The van der Waals surface area contributed by atoms with E-state index in [-0.39, 0.29) is 5.57 Å². The number of nitriles is 1. The second-order valence-corrected chi connectivity index (χ2v) is 7.53. The fraction of sp³-hybridized carbons (Fsp3) is 0.217. The average Bonchev–Trinajstić information content (AvgIpc) is 3.30. The maximum Gasteiger partial charge on any atom is 0.268 e. The number of hydrogen-bond acceptors (Lipinski definition) is 8. The fourth-order valence-corrected chi connectivity index (χ4v) is 3.36. The molecule has 0 atom stereocenters. The molecule has 2 aromatic carbocycles. The number of methoxy groups -OCH3 is 1. The first-order chi connectivity index (χ1) is 15.5. The Morgan fingerprint density at radius 1 is 1.16 bits per heavy atom. The van der Waals surface area contributed by atoms with E-state index >= 15 is 0 Å². The molecule has 1 amide bonds. The molecule has 0 aliphatic carbocycles. The van der Waals surface area contributed by atoms with E-state index in [4.69, 9.17) is 14.2 Å². The van der Waals surface area contributed by atoms with Gasteiger partial charge >= 0.3 is 0 Å². The Bertz CT molecular complexity index is 1130. The van der Waals surface area contributed by atoms with Crippen molar-refractivity contribution in [3.63, 3.8) is 0 Å². The van der Waals surface area contributed by atoms with E-state index in [1.54, 1.807) is 18.2 Å². The number of amides is 1. The van der Waals surface area contributed by atoms with E-state index in [0.29, 0.717) is 35.4 Å². The average molecular weight is 451 g/mol. The molecular formula is C23H22N4O4S. The molecule has 0 saturated carbocycles. The summed E-state index contributed by atoms with van der Waals surface area (Å²) in [5.41, 5.74) is 4.18. The van der Waals surface area contributed by atoms with E-state index in [9.17, 15) is 10.1 Å². The Labute approximate surface area is 190 Å². The molecule has 9 heteroatoms. The molecule has 0 fully saturated rings. The number of benzene rings is 2. The van der Waals surface area contributed by atoms with Gasteiger partial charge in [0.2, 0.25) is 5.13 Å². The molecule has 1 heterocycles. The molecule has 0 aliphatic heterocycles. The second-order valence-electron chi connectivity index (χ2n) is 6.70. The molecule has 8 nitrogen and oxygen atoms in total. The number of carbonyl (C=O) groups is 1. The lowest BCUT2D eigenvalue weighted by Crippen LogP contribution is -2.13. The molecule has 0 spiro atoms. The van der Waals surface area contributed by atoms with Crippen LogP contribution in [0.1, 0.15) is 16.7 Å². The Hall–Kier alpha value is -3.90. The van der Waals surface area contributed by atoms with Gasteiger partial charge in [-0.15, -0.1) is 10.2 Å². The molecule has 0 aliphatic rings. The van der Waals surface area contributed by atoms with Crippen molar-refractivity contribution < 1.29 is 19.0 Å². The fourth-order valence-electron chi connectivity index (χ4n) is 2.92. The predicted octanol–water partition coefficient (Wildman–Crippen LogP) is 4.17. The second kappa shape index (κ2) is 10.9. The first kappa shape index (κ1) is 22.8. The van der Waals surface area contributed by atoms with Gasteiger partial charge in [-0.05, 0) is 48.7 Å². The third-order valence-corrected chi connectivity index (χ3v) is 5.05. The summed E-state index contributed by atoms with van der Waals surface area (Å²) in [6.45, 7) is 4.71. The van der Waals surface area contributed by atoms with Crippen molar-refractivity contribution in [1.82, 2.24) is 10.2 Å². The van der Waals surface area contributed by atoms with Crippen LogP contribution in [0.3, 0.4) is 0 Å². The Morgan fingerprint density at radius 3 is 2.56 bits per heavy atom. The monoisotopic (exact) mass is 450 g/mol. The highest BCUT2D eigenvalue weighted by molar-refractivity contribution is 7.13. The minimum Gasteiger partial charge on any atom is -0.493 e. The number of ether oxygens (including phenoxy) is 3. The SMILES string of the molecule is COc1cc(C=C(C#N)C(=O)Nc2nncs2)ccc1OCCOc1c(C)cccc1C. The van der Waals surface area contributed by atoms with Gasteiger partial charge in [-0.2, -0.15) is 5.26 Å². The van der Waals surface area contributed by atoms with Crippen LogP contribution in [0.2, 0.25) is 0 Å². The highest BCUT2D eigenvalue weighted by Gasteiger charge is 2.12. The lowest BCUT2D eigenvalue weighted by Gasteiger charge is -2.14. The van der Waals surface area contributed by atoms with Gasteiger partial charge in [0.1, 0.15) is 36.1 Å². The van der Waals surface area contributed by atoms with Gasteiger partial charge in [-0.1, -0.05) is 35.6 Å². The van der Waals surface area contributed by atoms with Crippen LogP contribution in [-0.4, -0.2) is 36.4 Å². The molecule has 1 aromatic heterocycles. The molecule has 1 N–H and O–H groups in total. The zero-order valence-electron chi connectivity index (χ0n) is 17.9. The van der Waals surface area contributed by atoms with Crippen LogP contribution in [0.4, 0.5) is 5.13 Å². The van der Waals surface area contributed by atoms with Gasteiger partial charge in [0.15, 0.2) is 11.5 Å². The molecule has 0 bridgehead atoms. The summed E-state index contributed by atoms with van der Waals surface area (Å²) in [7, 11) is 1.52. The van der Waals surface area contributed by atoms with E-state index in [0.717, 1.165) is 16.9 Å². The molecular weight excluding hydrogens is 428 g/mol. The summed E-state index contributed by atoms with van der Waals surface area (Å²) in [5, 5.41) is 19.6. The molecule has 164 valence electrons. The van der Waals surface area contributed by atoms with Crippen molar-refractivity contribution in [2.45, 2.75) is 13.8 Å². The minimum atomic E-state index is -0.563. The number of aromatic nitrogens is 2. The topological polar surface area (TPSA) is 106 Å². The number of aryl methyl sites for hydroxylation is 2. The number of nitrogens with one attached hydrogen (secondary N) is 1. The standard InChI is InChI=1S/C23H22N4O4S/c1-15-5-4-6-16(2)21(15)31-10-9-30-19-8-7-17(12-20(19)29-3)11-18(13-24)22(28)26-23-27-25-14-32-23/h4-8,11-12,14H,9-10H2,1-3H3,(H,26,27,28). The smallest absolute Gasteiger partial charge is 0.268 e. The number of anilines is 1. The largest absolute Gasteiger partial charge is 0.493 e. The number of rotatable bonds is 9. The lowest BCUT2D eigenvalue weighted by atomic mass is 10.1. The van der Waals surface area contributed by atoms with E-state index < -0.39 is 5.91 Å². The number of hydrogen-bond donors (Lipinski definition) is 1. The zero-order valence-corrected chi connectivity index (χ0v) is 18.7. The molecule has 0 radical (unpaired) electrons. The van der Waals surface area contributed by atoms with Gasteiger partial charge in [0.05, 0.1) is 7.11 Å². The van der Waals surface area contributed by atoms with Crippen LogP contribution in [0, 0.1) is 25.2 Å². The third kappa shape index (κ3) is 5.83. The molecule has 3 rings (SSSR count). The van der Waals surface area contributed by atoms with E-state index in [1.165, 1.54) is 30.0 Å². The van der Waals surface area contributed by atoms with Gasteiger partial charge in [0, 0.05) is 0 Å². The van der Waals surface area contributed by atoms with Gasteiger partial charge in [0.25, 0.3) is 5.91 Å². The van der Waals surface area contributed by atoms with Gasteiger partial charge < -0.3 is 14.2 Å². The summed E-state index contributed by atoms with van der Waals surface area (Å²) in [4.78, 5) is 12.3. The molecule has 32 heavy (non-hydrogen) atoms. The quantitative estimate of drug-likeness (QED) is 0.296. The summed E-state index contributed by atoms with van der Waals surface area (Å²) in [5.74, 6) is 1.31. The Kier molecular flexibility index (Phi) is 7.78. The van der Waals surface area contributed by atoms with E-state index in [2.05, 4.69) is 15.5 Å².